The van der Waals surface area contributed by atoms with Crippen molar-refractivity contribution < 1.29 is 30.0 Å². The fraction of sp³-hybridized carbons (Fsp3) is 0.267. The summed E-state index contributed by atoms with van der Waals surface area (Å²) < 4.78 is 5.81. The highest BCUT2D eigenvalue weighted by Gasteiger charge is 2.40. The van der Waals surface area contributed by atoms with Gasteiger partial charge >= 0.3 is 5.97 Å². The number of phenolic OH excluding ortho intramolecular Hbond substituents is 1. The molecule has 0 aliphatic carbocycles. The summed E-state index contributed by atoms with van der Waals surface area (Å²) in [5.74, 6) is -0.932. The number of pyridine rings is 1. The monoisotopic (exact) mass is 532 g/mol. The number of aliphatic hydroxyl groups excluding tert-OH is 1. The van der Waals surface area contributed by atoms with Gasteiger partial charge in [0.05, 0.1) is 18.2 Å². The van der Waals surface area contributed by atoms with Crippen molar-refractivity contribution in [1.29, 1.82) is 0 Å². The molecule has 9 nitrogen and oxygen atoms in total. The second-order valence-corrected chi connectivity index (χ2v) is 9.32. The highest BCUT2D eigenvalue weighted by molar-refractivity contribution is 5.87. The maximum Gasteiger partial charge on any atom is 0.345 e. The maximum atomic E-state index is 12.0. The second kappa shape index (κ2) is 12.6. The van der Waals surface area contributed by atoms with Crippen molar-refractivity contribution in [2.24, 2.45) is 0 Å². The highest BCUT2D eigenvalue weighted by atomic mass is 16.5. The van der Waals surface area contributed by atoms with Crippen molar-refractivity contribution in [1.82, 2.24) is 10.3 Å². The van der Waals surface area contributed by atoms with Crippen LogP contribution >= 0.6 is 0 Å². The maximum absolute atomic E-state index is 12.0. The van der Waals surface area contributed by atoms with Crippen LogP contribution in [-0.2, 0) is 10.4 Å². The van der Waals surface area contributed by atoms with Gasteiger partial charge in [-0.05, 0) is 61.2 Å². The van der Waals surface area contributed by atoms with Gasteiger partial charge in [-0.15, -0.1) is 0 Å². The number of aromatic hydroxyl groups is 1. The van der Waals surface area contributed by atoms with Crippen LogP contribution in [0, 0.1) is 0 Å². The zero-order valence-electron chi connectivity index (χ0n) is 21.3. The first kappa shape index (κ1) is 27.8. The summed E-state index contributed by atoms with van der Waals surface area (Å²) in [6.07, 6.45) is 1.68. The summed E-state index contributed by atoms with van der Waals surface area (Å²) in [7, 11) is 0. The van der Waals surface area contributed by atoms with Crippen molar-refractivity contribution >= 4 is 16.9 Å². The van der Waals surface area contributed by atoms with Gasteiger partial charge in [0.2, 0.25) is 11.2 Å². The largest absolute Gasteiger partial charge is 0.506 e. The van der Waals surface area contributed by atoms with Crippen LogP contribution in [0.1, 0.15) is 42.1 Å². The number of ether oxygens (including phenoxy) is 1. The van der Waals surface area contributed by atoms with Gasteiger partial charge in [0.25, 0.3) is 0 Å². The molecule has 0 unspecified atom stereocenters. The zero-order valence-corrected chi connectivity index (χ0v) is 21.3. The molecule has 2 atom stereocenters. The number of aliphatic carboxylic acids is 1. The van der Waals surface area contributed by atoms with Crippen LogP contribution in [-0.4, -0.2) is 51.1 Å². The lowest BCUT2D eigenvalue weighted by Crippen LogP contribution is -2.36. The van der Waals surface area contributed by atoms with Gasteiger partial charge in [0, 0.05) is 23.6 Å². The molecular weight excluding hydrogens is 500 g/mol. The van der Waals surface area contributed by atoms with E-state index in [1.54, 1.807) is 66.7 Å². The van der Waals surface area contributed by atoms with Gasteiger partial charge in [0.1, 0.15) is 11.5 Å². The molecule has 0 aliphatic rings. The molecule has 0 amide bonds. The molecule has 0 saturated carbocycles. The SMILES string of the molecule is O=C(O)[C@](O)(c1ccccc1)c1cccc(OCCCCCNC[C@H](O)c2ccc(O)c3[nH]c(=O)ccc23)c1. The Kier molecular flexibility index (Phi) is 8.98. The number of carboxylic acids is 1. The Morgan fingerprint density at radius 3 is 2.49 bits per heavy atom. The molecule has 6 N–H and O–H groups in total. The first-order chi connectivity index (χ1) is 18.8. The third-order valence-corrected chi connectivity index (χ3v) is 6.62. The van der Waals surface area contributed by atoms with Crippen LogP contribution in [0.5, 0.6) is 11.5 Å². The lowest BCUT2D eigenvalue weighted by atomic mass is 9.86. The molecule has 4 rings (SSSR count). The van der Waals surface area contributed by atoms with E-state index in [9.17, 15) is 30.0 Å². The molecule has 39 heavy (non-hydrogen) atoms. The van der Waals surface area contributed by atoms with E-state index in [0.717, 1.165) is 19.3 Å². The van der Waals surface area contributed by atoms with Gasteiger partial charge in [-0.2, -0.15) is 0 Å². The number of carbonyl (C=O) groups is 1. The Morgan fingerprint density at radius 2 is 1.72 bits per heavy atom. The first-order valence-corrected chi connectivity index (χ1v) is 12.8. The van der Waals surface area contributed by atoms with Crippen molar-refractivity contribution in [3.8, 4) is 11.5 Å². The lowest BCUT2D eigenvalue weighted by molar-refractivity contribution is -0.155. The number of rotatable bonds is 13. The average molecular weight is 533 g/mol. The van der Waals surface area contributed by atoms with Crippen LogP contribution in [0.4, 0.5) is 0 Å². The number of aromatic amines is 1. The summed E-state index contributed by atoms with van der Waals surface area (Å²) in [6, 6.07) is 20.8. The van der Waals surface area contributed by atoms with E-state index in [4.69, 9.17) is 4.74 Å². The van der Waals surface area contributed by atoms with Crippen LogP contribution < -0.4 is 15.6 Å². The normalized spacial score (nSPS) is 13.6. The topological polar surface area (TPSA) is 152 Å². The van der Waals surface area contributed by atoms with Gasteiger partial charge in [-0.3, -0.25) is 4.79 Å². The van der Waals surface area contributed by atoms with Crippen molar-refractivity contribution in [2.45, 2.75) is 31.0 Å². The number of hydrogen-bond acceptors (Lipinski definition) is 7. The number of H-pyrrole nitrogens is 1. The summed E-state index contributed by atoms with van der Waals surface area (Å²) in [5.41, 5.74) is -1.11. The highest BCUT2D eigenvalue weighted by Crippen LogP contribution is 2.32. The summed E-state index contributed by atoms with van der Waals surface area (Å²) in [5, 5.41) is 45.2. The Labute approximate surface area is 225 Å². The number of benzene rings is 3. The molecule has 3 aromatic carbocycles. The zero-order chi connectivity index (χ0) is 27.8. The number of aromatic nitrogens is 1. The fourth-order valence-corrected chi connectivity index (χ4v) is 4.52. The number of aliphatic hydroxyl groups is 2. The standard InChI is InChI=1S/C30H32N2O7/c33-25-14-12-23(24-13-15-27(35)32-28(24)25)26(34)19-31-16-5-2-6-17-39-22-11-7-10-21(18-22)30(38,29(36)37)20-8-3-1-4-9-20/h1,3-4,7-15,18,26,31,33-34,38H,2,5-6,16-17,19H2,(H,32,35)(H,36,37)/t26-,30-/m0/s1. The van der Waals surface area contributed by atoms with E-state index in [-0.39, 0.29) is 22.4 Å². The number of fused-ring (bicyclic) bond motifs is 1. The minimum atomic E-state index is -2.18. The van der Waals surface area contributed by atoms with Gasteiger partial charge in [0.15, 0.2) is 0 Å². The van der Waals surface area contributed by atoms with Crippen molar-refractivity contribution in [3.63, 3.8) is 0 Å². The van der Waals surface area contributed by atoms with Crippen molar-refractivity contribution in [3.05, 3.63) is 106 Å². The fourth-order valence-electron chi connectivity index (χ4n) is 4.52. The molecule has 1 heterocycles. The van der Waals surface area contributed by atoms with Crippen LogP contribution in [0.3, 0.4) is 0 Å². The van der Waals surface area contributed by atoms with Gasteiger partial charge in [-0.1, -0.05) is 48.5 Å². The van der Waals surface area contributed by atoms with E-state index in [1.807, 2.05) is 0 Å². The number of hydrogen-bond donors (Lipinski definition) is 6. The van der Waals surface area contributed by atoms with Gasteiger partial charge < -0.3 is 35.5 Å². The second-order valence-electron chi connectivity index (χ2n) is 9.32. The lowest BCUT2D eigenvalue weighted by Gasteiger charge is -2.25. The van der Waals surface area contributed by atoms with E-state index in [0.29, 0.717) is 41.9 Å². The molecule has 1 aromatic heterocycles. The molecule has 4 aromatic rings. The van der Waals surface area contributed by atoms with E-state index in [1.165, 1.54) is 12.1 Å². The van der Waals surface area contributed by atoms with Crippen molar-refractivity contribution in [2.75, 3.05) is 19.7 Å². The summed E-state index contributed by atoms with van der Waals surface area (Å²) in [6.45, 7) is 1.43. The molecule has 0 aliphatic heterocycles. The molecule has 204 valence electrons. The third kappa shape index (κ3) is 6.46. The molecule has 0 radical (unpaired) electrons. The molecule has 0 fully saturated rings. The van der Waals surface area contributed by atoms with E-state index >= 15 is 0 Å². The first-order valence-electron chi connectivity index (χ1n) is 12.8. The third-order valence-electron chi connectivity index (χ3n) is 6.62. The quantitative estimate of drug-likeness (QED) is 0.143. The average Bonchev–Trinajstić information content (AvgIpc) is 2.94. The van der Waals surface area contributed by atoms with Gasteiger partial charge in [-0.25, -0.2) is 4.79 Å². The predicted molar refractivity (Wildman–Crippen MR) is 147 cm³/mol. The molecule has 0 saturated heterocycles. The Bertz CT molecular complexity index is 1470. The Morgan fingerprint density at radius 1 is 0.949 bits per heavy atom. The summed E-state index contributed by atoms with van der Waals surface area (Å²) in [4.78, 5) is 26.2. The molecule has 0 spiro atoms. The number of phenols is 1. The minimum Gasteiger partial charge on any atom is -0.506 e. The molecule has 0 bridgehead atoms. The Hall–Kier alpha value is -4.18. The van der Waals surface area contributed by atoms with Crippen LogP contribution in [0.2, 0.25) is 0 Å². The summed E-state index contributed by atoms with van der Waals surface area (Å²) >= 11 is 0. The number of carboxylic acid groups (broad SMARTS) is 1. The smallest absolute Gasteiger partial charge is 0.345 e. The molecular formula is C30H32N2O7. The van der Waals surface area contributed by atoms with Crippen LogP contribution in [0.15, 0.2) is 83.7 Å². The Balaban J connectivity index is 1.22. The van der Waals surface area contributed by atoms with E-state index < -0.39 is 17.7 Å². The minimum absolute atomic E-state index is 0.0469. The number of nitrogens with one attached hydrogen (secondary N) is 2. The predicted octanol–water partition coefficient (Wildman–Crippen LogP) is 3.43. The van der Waals surface area contributed by atoms with Crippen LogP contribution in [0.25, 0.3) is 10.9 Å². The molecule has 9 heteroatoms. The number of unbranched alkanes of at least 4 members (excludes halogenated alkanes) is 2. The van der Waals surface area contributed by atoms with E-state index in [2.05, 4.69) is 10.3 Å².